The number of rotatable bonds is 1. The first-order valence-corrected chi connectivity index (χ1v) is 3.22. The molecule has 0 saturated heterocycles. The van der Waals surface area contributed by atoms with Crippen LogP contribution in [0.15, 0.2) is 17.2 Å². The molecule has 0 saturated carbocycles. The highest BCUT2D eigenvalue weighted by atomic mass is 16.1. The van der Waals surface area contributed by atoms with Crippen molar-refractivity contribution in [2.75, 3.05) is 5.43 Å². The number of hydrazine groups is 1. The number of nitrogens with one attached hydrogen (secondary N) is 2. The molecule has 12 heavy (non-hydrogen) atoms. The minimum atomic E-state index is -0.300. The Balaban J connectivity index is 2.89. The average Bonchev–Trinajstić information content (AvgIpc) is 2.49. The molecule has 2 aromatic heterocycles. The first-order chi connectivity index (χ1) is 5.83. The summed E-state index contributed by atoms with van der Waals surface area (Å²) in [7, 11) is 0. The van der Waals surface area contributed by atoms with E-state index in [0.29, 0.717) is 5.95 Å². The van der Waals surface area contributed by atoms with Gasteiger partial charge in [-0.25, -0.2) is 5.84 Å². The van der Waals surface area contributed by atoms with Gasteiger partial charge in [0.25, 0.3) is 5.56 Å². The van der Waals surface area contributed by atoms with Gasteiger partial charge in [-0.05, 0) is 0 Å². The highest BCUT2D eigenvalue weighted by molar-refractivity contribution is 5.41. The molecule has 7 heteroatoms. The maximum atomic E-state index is 11.1. The van der Waals surface area contributed by atoms with Crippen molar-refractivity contribution in [2.24, 2.45) is 5.84 Å². The lowest BCUT2D eigenvalue weighted by Crippen LogP contribution is -2.13. The Bertz CT molecular complexity index is 456. The van der Waals surface area contributed by atoms with Crippen molar-refractivity contribution >= 4 is 11.6 Å². The fourth-order valence-corrected chi connectivity index (χ4v) is 0.938. The number of fused-ring (bicyclic) bond motifs is 1. The molecule has 0 fully saturated rings. The van der Waals surface area contributed by atoms with E-state index in [4.69, 9.17) is 5.84 Å². The molecule has 2 aromatic rings. The number of nitrogens with zero attached hydrogens (tertiary/aromatic N) is 3. The van der Waals surface area contributed by atoms with E-state index < -0.39 is 0 Å². The lowest BCUT2D eigenvalue weighted by molar-refractivity contribution is 1.06. The second-order valence-electron chi connectivity index (χ2n) is 2.15. The summed E-state index contributed by atoms with van der Waals surface area (Å²) in [6, 6.07) is 0. The zero-order chi connectivity index (χ0) is 8.55. The number of nitrogen functional groups attached to an aromatic ring is 1. The Morgan fingerprint density at radius 2 is 2.42 bits per heavy atom. The van der Waals surface area contributed by atoms with E-state index in [9.17, 15) is 4.79 Å². The van der Waals surface area contributed by atoms with Crippen molar-refractivity contribution in [2.45, 2.75) is 0 Å². The summed E-state index contributed by atoms with van der Waals surface area (Å²) in [6.45, 7) is 0. The molecule has 4 N–H and O–H groups in total. The first kappa shape index (κ1) is 6.80. The van der Waals surface area contributed by atoms with Crippen LogP contribution in [-0.2, 0) is 0 Å². The molecule has 0 spiro atoms. The molecule has 2 heterocycles. The Morgan fingerprint density at radius 1 is 1.58 bits per heavy atom. The van der Waals surface area contributed by atoms with Gasteiger partial charge in [-0.3, -0.25) is 14.6 Å². The van der Waals surface area contributed by atoms with Gasteiger partial charge in [-0.15, -0.1) is 10.2 Å². The van der Waals surface area contributed by atoms with Crippen molar-refractivity contribution in [1.29, 1.82) is 0 Å². The number of hydrogen-bond donors (Lipinski definition) is 3. The highest BCUT2D eigenvalue weighted by Gasteiger charge is 2.04. The fourth-order valence-electron chi connectivity index (χ4n) is 0.938. The molecule has 2 rings (SSSR count). The number of nitrogens with two attached hydrogens (primary N) is 1. The van der Waals surface area contributed by atoms with Crippen LogP contribution in [0.2, 0.25) is 0 Å². The summed E-state index contributed by atoms with van der Waals surface area (Å²) in [5.74, 6) is 5.45. The molecule has 0 bridgehead atoms. The molecular formula is C5H6N6O. The maximum absolute atomic E-state index is 11.1. The van der Waals surface area contributed by atoms with Gasteiger partial charge >= 0.3 is 0 Å². The molecule has 62 valence electrons. The second kappa shape index (κ2) is 2.31. The highest BCUT2D eigenvalue weighted by Crippen LogP contribution is 1.99. The van der Waals surface area contributed by atoms with E-state index in [-0.39, 0.29) is 11.2 Å². The van der Waals surface area contributed by atoms with Crippen LogP contribution in [0.5, 0.6) is 0 Å². The maximum Gasteiger partial charge on any atom is 0.293 e. The Kier molecular flexibility index (Phi) is 1.31. The van der Waals surface area contributed by atoms with Gasteiger partial charge in [0.15, 0.2) is 0 Å². The van der Waals surface area contributed by atoms with Gasteiger partial charge < -0.3 is 4.98 Å². The SMILES string of the molecule is NNc1nnc2c(=O)[nH]ccn12. The lowest BCUT2D eigenvalue weighted by Gasteiger charge is -1.94. The van der Waals surface area contributed by atoms with Crippen LogP contribution in [0.4, 0.5) is 5.95 Å². The summed E-state index contributed by atoms with van der Waals surface area (Å²) < 4.78 is 1.46. The number of aromatic amines is 1. The van der Waals surface area contributed by atoms with Crippen LogP contribution in [0.1, 0.15) is 0 Å². The number of aromatic nitrogens is 4. The molecule has 7 nitrogen and oxygen atoms in total. The van der Waals surface area contributed by atoms with Gasteiger partial charge in [0.2, 0.25) is 11.6 Å². The zero-order valence-corrected chi connectivity index (χ0v) is 5.98. The Hall–Kier alpha value is -1.89. The largest absolute Gasteiger partial charge is 0.324 e. The number of H-pyrrole nitrogens is 1. The minimum absolute atomic E-state index is 0.213. The second-order valence-corrected chi connectivity index (χ2v) is 2.15. The lowest BCUT2D eigenvalue weighted by atomic mass is 10.7. The monoisotopic (exact) mass is 166 g/mol. The first-order valence-electron chi connectivity index (χ1n) is 3.22. The molecule has 0 unspecified atom stereocenters. The third-order valence-corrected chi connectivity index (χ3v) is 1.47. The van der Waals surface area contributed by atoms with Crippen LogP contribution < -0.4 is 16.8 Å². The molecule has 0 atom stereocenters. The van der Waals surface area contributed by atoms with E-state index in [1.165, 1.54) is 10.6 Å². The molecule has 0 aliphatic heterocycles. The van der Waals surface area contributed by atoms with Gasteiger partial charge in [-0.1, -0.05) is 0 Å². The molecule has 0 aromatic carbocycles. The average molecular weight is 166 g/mol. The Morgan fingerprint density at radius 3 is 3.17 bits per heavy atom. The van der Waals surface area contributed by atoms with Gasteiger partial charge in [-0.2, -0.15) is 0 Å². The predicted octanol–water partition coefficient (Wildman–Crippen LogP) is -1.30. The van der Waals surface area contributed by atoms with Crippen molar-refractivity contribution in [3.63, 3.8) is 0 Å². The van der Waals surface area contributed by atoms with E-state index in [1.54, 1.807) is 6.20 Å². The van der Waals surface area contributed by atoms with Crippen LogP contribution in [0.3, 0.4) is 0 Å². The van der Waals surface area contributed by atoms with Crippen molar-refractivity contribution in [1.82, 2.24) is 19.6 Å². The van der Waals surface area contributed by atoms with Crippen LogP contribution in [0.25, 0.3) is 5.65 Å². The predicted molar refractivity (Wildman–Crippen MR) is 41.4 cm³/mol. The normalized spacial score (nSPS) is 10.4. The number of hydrogen-bond acceptors (Lipinski definition) is 5. The van der Waals surface area contributed by atoms with Gasteiger partial charge in [0, 0.05) is 12.4 Å². The molecule has 0 amide bonds. The topological polar surface area (TPSA) is 101 Å². The van der Waals surface area contributed by atoms with Crippen molar-refractivity contribution in [3.8, 4) is 0 Å². The van der Waals surface area contributed by atoms with Crippen LogP contribution in [-0.4, -0.2) is 19.6 Å². The van der Waals surface area contributed by atoms with E-state index in [0.717, 1.165) is 0 Å². The molecular weight excluding hydrogens is 160 g/mol. The van der Waals surface area contributed by atoms with E-state index in [2.05, 4.69) is 20.6 Å². The fraction of sp³-hybridized carbons (Fsp3) is 0. The number of anilines is 1. The molecule has 0 aliphatic carbocycles. The summed E-state index contributed by atoms with van der Waals surface area (Å²) in [6.07, 6.45) is 3.09. The van der Waals surface area contributed by atoms with Crippen molar-refractivity contribution in [3.05, 3.63) is 22.7 Å². The van der Waals surface area contributed by atoms with E-state index in [1.807, 2.05) is 0 Å². The molecule has 0 radical (unpaired) electrons. The third kappa shape index (κ3) is 0.768. The van der Waals surface area contributed by atoms with Crippen LogP contribution >= 0.6 is 0 Å². The summed E-state index contributed by atoms with van der Waals surface area (Å²) in [5, 5.41) is 7.25. The summed E-state index contributed by atoms with van der Waals surface area (Å²) >= 11 is 0. The quantitative estimate of drug-likeness (QED) is 0.361. The van der Waals surface area contributed by atoms with Crippen LogP contribution in [0, 0.1) is 0 Å². The molecule has 0 aliphatic rings. The van der Waals surface area contributed by atoms with Crippen molar-refractivity contribution < 1.29 is 0 Å². The summed E-state index contributed by atoms with van der Waals surface area (Å²) in [5.41, 5.74) is 2.23. The zero-order valence-electron chi connectivity index (χ0n) is 5.98. The van der Waals surface area contributed by atoms with Gasteiger partial charge in [0.1, 0.15) is 0 Å². The Labute approximate surface area is 66.2 Å². The minimum Gasteiger partial charge on any atom is -0.324 e. The van der Waals surface area contributed by atoms with Gasteiger partial charge in [0.05, 0.1) is 0 Å². The smallest absolute Gasteiger partial charge is 0.293 e. The standard InChI is InChI=1S/C5H6N6O/c6-8-5-10-9-3-4(12)7-1-2-11(3)5/h1-2H,6H2,(H,7,12)(H,8,10). The summed E-state index contributed by atoms with van der Waals surface area (Å²) in [4.78, 5) is 13.5. The third-order valence-electron chi connectivity index (χ3n) is 1.47. The van der Waals surface area contributed by atoms with E-state index >= 15 is 0 Å².